The third kappa shape index (κ3) is 4.05. The Morgan fingerprint density at radius 3 is 2.16 bits per heavy atom. The van der Waals surface area contributed by atoms with Crippen LogP contribution in [-0.2, 0) is 4.79 Å². The number of hydrogen-bond acceptors (Lipinski definition) is 2. The van der Waals surface area contributed by atoms with E-state index in [1.807, 2.05) is 13.8 Å². The maximum absolute atomic E-state index is 12.8. The van der Waals surface area contributed by atoms with Gasteiger partial charge in [-0.15, -0.1) is 0 Å². The summed E-state index contributed by atoms with van der Waals surface area (Å²) < 4.78 is 12.8. The van der Waals surface area contributed by atoms with E-state index in [1.54, 1.807) is 6.92 Å². The molecule has 19 heavy (non-hydrogen) atoms. The minimum absolute atomic E-state index is 0.126. The van der Waals surface area contributed by atoms with Crippen LogP contribution in [0.2, 0.25) is 0 Å². The van der Waals surface area contributed by atoms with Crippen LogP contribution in [0.1, 0.15) is 31.1 Å². The first-order chi connectivity index (χ1) is 8.82. The van der Waals surface area contributed by atoms with Gasteiger partial charge in [-0.1, -0.05) is 6.92 Å². The van der Waals surface area contributed by atoms with Crippen LogP contribution in [0.25, 0.3) is 0 Å². The number of carboxylic acid groups (broad SMARTS) is 1. The lowest BCUT2D eigenvalue weighted by atomic mass is 10.1. The van der Waals surface area contributed by atoms with Gasteiger partial charge in [-0.25, -0.2) is 4.39 Å². The van der Waals surface area contributed by atoms with Gasteiger partial charge in [0.2, 0.25) is 0 Å². The lowest BCUT2D eigenvalue weighted by Gasteiger charge is -2.28. The second-order valence-corrected chi connectivity index (χ2v) is 4.80. The Morgan fingerprint density at radius 2 is 1.74 bits per heavy atom. The smallest absolute Gasteiger partial charge is 0.308 e. The molecule has 0 bridgehead atoms. The normalized spacial score (nSPS) is 12.3. The fourth-order valence-corrected chi connectivity index (χ4v) is 1.66. The Balaban J connectivity index is 2.90. The van der Waals surface area contributed by atoms with Gasteiger partial charge >= 0.3 is 5.97 Å². The number of benzene rings is 1. The van der Waals surface area contributed by atoms with E-state index >= 15 is 0 Å². The molecular formula is C14H18FNO3. The number of aliphatic carboxylic acids is 1. The first kappa shape index (κ1) is 15.1. The highest BCUT2D eigenvalue weighted by atomic mass is 19.1. The average molecular weight is 267 g/mol. The molecule has 1 aromatic rings. The highest BCUT2D eigenvalue weighted by Crippen LogP contribution is 2.12. The van der Waals surface area contributed by atoms with Gasteiger partial charge in [-0.2, -0.15) is 0 Å². The van der Waals surface area contributed by atoms with E-state index in [1.165, 1.54) is 29.2 Å². The van der Waals surface area contributed by atoms with Gasteiger partial charge in [0.1, 0.15) is 5.82 Å². The Morgan fingerprint density at radius 1 is 1.21 bits per heavy atom. The molecule has 1 unspecified atom stereocenters. The number of amides is 1. The molecule has 0 saturated heterocycles. The first-order valence-corrected chi connectivity index (χ1v) is 6.12. The van der Waals surface area contributed by atoms with Crippen LogP contribution >= 0.6 is 0 Å². The predicted molar refractivity (Wildman–Crippen MR) is 69.4 cm³/mol. The van der Waals surface area contributed by atoms with E-state index in [0.717, 1.165) is 0 Å². The summed E-state index contributed by atoms with van der Waals surface area (Å²) in [6, 6.07) is 5.11. The third-order valence-electron chi connectivity index (χ3n) is 2.87. The van der Waals surface area contributed by atoms with Gasteiger partial charge in [0.05, 0.1) is 5.92 Å². The van der Waals surface area contributed by atoms with Gasteiger partial charge < -0.3 is 10.0 Å². The van der Waals surface area contributed by atoms with Gasteiger partial charge in [-0.05, 0) is 38.1 Å². The van der Waals surface area contributed by atoms with E-state index < -0.39 is 17.7 Å². The van der Waals surface area contributed by atoms with Crippen molar-refractivity contribution in [2.45, 2.75) is 26.8 Å². The molecule has 1 atom stereocenters. The Hall–Kier alpha value is -1.91. The van der Waals surface area contributed by atoms with Crippen LogP contribution in [0, 0.1) is 11.7 Å². The average Bonchev–Trinajstić information content (AvgIpc) is 2.35. The molecule has 0 fully saturated rings. The van der Waals surface area contributed by atoms with Gasteiger partial charge in [-0.3, -0.25) is 9.59 Å². The molecule has 1 amide bonds. The zero-order valence-corrected chi connectivity index (χ0v) is 11.3. The molecule has 0 aromatic heterocycles. The molecule has 1 N–H and O–H groups in total. The van der Waals surface area contributed by atoms with Crippen LogP contribution in [0.15, 0.2) is 24.3 Å². The molecule has 0 aliphatic carbocycles. The summed E-state index contributed by atoms with van der Waals surface area (Å²) in [7, 11) is 0. The number of hydrogen-bond donors (Lipinski definition) is 1. The molecule has 0 aliphatic heterocycles. The number of carbonyl (C=O) groups excluding carboxylic acids is 1. The zero-order chi connectivity index (χ0) is 14.6. The van der Waals surface area contributed by atoms with Crippen molar-refractivity contribution in [2.24, 2.45) is 5.92 Å². The lowest BCUT2D eigenvalue weighted by Crippen LogP contribution is -2.41. The Labute approximate surface area is 111 Å². The fourth-order valence-electron chi connectivity index (χ4n) is 1.66. The highest BCUT2D eigenvalue weighted by molar-refractivity contribution is 5.94. The van der Waals surface area contributed by atoms with E-state index in [2.05, 4.69) is 0 Å². The summed E-state index contributed by atoms with van der Waals surface area (Å²) in [4.78, 5) is 24.6. The molecule has 0 aliphatic rings. The molecule has 4 nitrogen and oxygen atoms in total. The number of rotatable bonds is 5. The molecule has 5 heteroatoms. The van der Waals surface area contributed by atoms with E-state index in [-0.39, 0.29) is 18.5 Å². The van der Waals surface area contributed by atoms with Crippen molar-refractivity contribution in [3.8, 4) is 0 Å². The summed E-state index contributed by atoms with van der Waals surface area (Å²) in [5, 5.41) is 8.91. The SMILES string of the molecule is CC(CN(C(=O)c1ccc(F)cc1)C(C)C)C(=O)O. The highest BCUT2D eigenvalue weighted by Gasteiger charge is 2.23. The second kappa shape index (κ2) is 6.31. The van der Waals surface area contributed by atoms with Crippen LogP contribution in [0.4, 0.5) is 4.39 Å². The zero-order valence-electron chi connectivity index (χ0n) is 11.3. The molecule has 0 spiro atoms. The van der Waals surface area contributed by atoms with Crippen molar-refractivity contribution in [1.29, 1.82) is 0 Å². The topological polar surface area (TPSA) is 57.6 Å². The molecular weight excluding hydrogens is 249 g/mol. The number of carboxylic acids is 1. The second-order valence-electron chi connectivity index (χ2n) is 4.80. The summed E-state index contributed by atoms with van der Waals surface area (Å²) in [5.74, 6) is -2.29. The van der Waals surface area contributed by atoms with Crippen molar-refractivity contribution in [3.63, 3.8) is 0 Å². The monoisotopic (exact) mass is 267 g/mol. The van der Waals surface area contributed by atoms with Crippen molar-refractivity contribution in [1.82, 2.24) is 4.90 Å². The van der Waals surface area contributed by atoms with Gasteiger partial charge in [0, 0.05) is 18.2 Å². The van der Waals surface area contributed by atoms with Crippen LogP contribution in [0.5, 0.6) is 0 Å². The number of nitrogens with zero attached hydrogens (tertiary/aromatic N) is 1. The molecule has 0 radical (unpaired) electrons. The van der Waals surface area contributed by atoms with E-state index in [9.17, 15) is 14.0 Å². The molecule has 1 aromatic carbocycles. The Kier molecular flexibility index (Phi) is 5.03. The quantitative estimate of drug-likeness (QED) is 0.891. The lowest BCUT2D eigenvalue weighted by molar-refractivity contribution is -0.141. The summed E-state index contributed by atoms with van der Waals surface area (Å²) in [6.45, 7) is 5.31. The molecule has 0 heterocycles. The van der Waals surface area contributed by atoms with Gasteiger partial charge in [0.25, 0.3) is 5.91 Å². The predicted octanol–water partition coefficient (Wildman–Crippen LogP) is 2.40. The van der Waals surface area contributed by atoms with Gasteiger partial charge in [0.15, 0.2) is 0 Å². The van der Waals surface area contributed by atoms with Crippen LogP contribution < -0.4 is 0 Å². The minimum atomic E-state index is -0.947. The van der Waals surface area contributed by atoms with E-state index in [0.29, 0.717) is 5.56 Å². The third-order valence-corrected chi connectivity index (χ3v) is 2.87. The largest absolute Gasteiger partial charge is 0.481 e. The van der Waals surface area contributed by atoms with E-state index in [4.69, 9.17) is 5.11 Å². The maximum Gasteiger partial charge on any atom is 0.308 e. The molecule has 1 rings (SSSR count). The standard InChI is InChI=1S/C14H18FNO3/c1-9(2)16(8-10(3)14(18)19)13(17)11-4-6-12(15)7-5-11/h4-7,9-10H,8H2,1-3H3,(H,18,19). The number of halogens is 1. The molecule has 104 valence electrons. The van der Waals surface area contributed by atoms with Crippen molar-refractivity contribution >= 4 is 11.9 Å². The minimum Gasteiger partial charge on any atom is -0.481 e. The first-order valence-electron chi connectivity index (χ1n) is 6.12. The summed E-state index contributed by atoms with van der Waals surface area (Å²) in [6.07, 6.45) is 0. The summed E-state index contributed by atoms with van der Waals surface area (Å²) in [5.41, 5.74) is 0.354. The van der Waals surface area contributed by atoms with Crippen molar-refractivity contribution in [2.75, 3.05) is 6.54 Å². The fraction of sp³-hybridized carbons (Fsp3) is 0.429. The van der Waals surface area contributed by atoms with Crippen LogP contribution in [-0.4, -0.2) is 34.5 Å². The maximum atomic E-state index is 12.8. The molecule has 0 saturated carbocycles. The summed E-state index contributed by atoms with van der Waals surface area (Å²) >= 11 is 0. The van der Waals surface area contributed by atoms with Crippen molar-refractivity contribution < 1.29 is 19.1 Å². The number of carbonyl (C=O) groups is 2. The van der Waals surface area contributed by atoms with Crippen LogP contribution in [0.3, 0.4) is 0 Å². The Bertz CT molecular complexity index is 456. The van der Waals surface area contributed by atoms with Crippen molar-refractivity contribution in [3.05, 3.63) is 35.6 Å².